The Morgan fingerprint density at radius 3 is 2.63 bits per heavy atom. The fraction of sp³-hybridized carbons (Fsp3) is 0.500. The van der Waals surface area contributed by atoms with Gasteiger partial charge in [-0.2, -0.15) is 0 Å². The Hall–Kier alpha value is -1.32. The zero-order valence-corrected chi connectivity index (χ0v) is 11.9. The van der Waals surface area contributed by atoms with Crippen molar-refractivity contribution in [3.05, 3.63) is 36.4 Å². The minimum absolute atomic E-state index is 0.0495. The van der Waals surface area contributed by atoms with Crippen molar-refractivity contribution in [1.29, 1.82) is 0 Å². The average molecular weight is 261 g/mol. The summed E-state index contributed by atoms with van der Waals surface area (Å²) in [6.07, 6.45) is 3.28. The molecular weight excluding hydrogens is 238 g/mol. The molecule has 104 valence electrons. The first kappa shape index (κ1) is 14.1. The SMILES string of the molecule is C=C(COC1CCCCO1)c1ccc(N(C)C)cc1. The van der Waals surface area contributed by atoms with Crippen molar-refractivity contribution in [1.82, 2.24) is 0 Å². The molecule has 0 aliphatic carbocycles. The molecule has 0 N–H and O–H groups in total. The van der Waals surface area contributed by atoms with Crippen LogP contribution in [0.15, 0.2) is 30.8 Å². The van der Waals surface area contributed by atoms with Crippen LogP contribution >= 0.6 is 0 Å². The molecule has 1 fully saturated rings. The number of nitrogens with zero attached hydrogens (tertiary/aromatic N) is 1. The predicted molar refractivity (Wildman–Crippen MR) is 79.3 cm³/mol. The Kier molecular flexibility index (Phi) is 5.00. The molecule has 1 aromatic carbocycles. The van der Waals surface area contributed by atoms with Gasteiger partial charge in [0.25, 0.3) is 0 Å². The van der Waals surface area contributed by atoms with E-state index in [1.165, 1.54) is 12.1 Å². The first-order valence-corrected chi connectivity index (χ1v) is 6.85. The van der Waals surface area contributed by atoms with Crippen molar-refractivity contribution in [3.8, 4) is 0 Å². The van der Waals surface area contributed by atoms with Crippen LogP contribution in [0.3, 0.4) is 0 Å². The summed E-state index contributed by atoms with van der Waals surface area (Å²) in [6, 6.07) is 8.36. The maximum Gasteiger partial charge on any atom is 0.158 e. The van der Waals surface area contributed by atoms with Crippen LogP contribution in [0.5, 0.6) is 0 Å². The first-order valence-electron chi connectivity index (χ1n) is 6.85. The van der Waals surface area contributed by atoms with Gasteiger partial charge in [-0.25, -0.2) is 0 Å². The van der Waals surface area contributed by atoms with Crippen molar-refractivity contribution >= 4 is 11.3 Å². The zero-order valence-electron chi connectivity index (χ0n) is 11.9. The number of benzene rings is 1. The number of rotatable bonds is 5. The van der Waals surface area contributed by atoms with E-state index in [0.717, 1.165) is 30.6 Å². The van der Waals surface area contributed by atoms with Crippen LogP contribution in [-0.4, -0.2) is 33.6 Å². The Labute approximate surface area is 115 Å². The molecule has 1 aliphatic rings. The molecule has 1 saturated heterocycles. The minimum atomic E-state index is -0.0495. The number of hydrogen-bond acceptors (Lipinski definition) is 3. The molecule has 0 amide bonds. The zero-order chi connectivity index (χ0) is 13.7. The lowest BCUT2D eigenvalue weighted by atomic mass is 10.1. The van der Waals surface area contributed by atoms with Gasteiger partial charge in [0.05, 0.1) is 6.61 Å². The summed E-state index contributed by atoms with van der Waals surface area (Å²) in [6.45, 7) is 5.44. The van der Waals surface area contributed by atoms with Gasteiger partial charge in [0.2, 0.25) is 0 Å². The third kappa shape index (κ3) is 4.08. The van der Waals surface area contributed by atoms with Crippen LogP contribution in [-0.2, 0) is 9.47 Å². The van der Waals surface area contributed by atoms with Crippen LogP contribution in [0.2, 0.25) is 0 Å². The molecule has 0 radical (unpaired) electrons. The van der Waals surface area contributed by atoms with E-state index in [-0.39, 0.29) is 6.29 Å². The first-order chi connectivity index (χ1) is 9.16. The fourth-order valence-electron chi connectivity index (χ4n) is 2.11. The quantitative estimate of drug-likeness (QED) is 0.811. The van der Waals surface area contributed by atoms with Crippen LogP contribution < -0.4 is 4.90 Å². The highest BCUT2D eigenvalue weighted by Crippen LogP contribution is 2.20. The highest BCUT2D eigenvalue weighted by molar-refractivity contribution is 5.66. The Morgan fingerprint density at radius 2 is 2.05 bits per heavy atom. The van der Waals surface area contributed by atoms with Gasteiger partial charge < -0.3 is 14.4 Å². The Bertz CT molecular complexity index is 405. The highest BCUT2D eigenvalue weighted by Gasteiger charge is 2.14. The Morgan fingerprint density at radius 1 is 1.32 bits per heavy atom. The lowest BCUT2D eigenvalue weighted by Crippen LogP contribution is -2.22. The highest BCUT2D eigenvalue weighted by atomic mass is 16.7. The molecule has 19 heavy (non-hydrogen) atoms. The maximum absolute atomic E-state index is 5.74. The summed E-state index contributed by atoms with van der Waals surface area (Å²) in [7, 11) is 4.07. The second-order valence-corrected chi connectivity index (χ2v) is 5.15. The lowest BCUT2D eigenvalue weighted by molar-refractivity contribution is -0.154. The van der Waals surface area contributed by atoms with Gasteiger partial charge in [0.15, 0.2) is 6.29 Å². The van der Waals surface area contributed by atoms with Gasteiger partial charge in [-0.15, -0.1) is 0 Å². The number of anilines is 1. The maximum atomic E-state index is 5.74. The third-order valence-electron chi connectivity index (χ3n) is 3.37. The largest absolute Gasteiger partial charge is 0.378 e. The molecule has 1 heterocycles. The van der Waals surface area contributed by atoms with E-state index >= 15 is 0 Å². The summed E-state index contributed by atoms with van der Waals surface area (Å²) in [5.41, 5.74) is 3.31. The monoisotopic (exact) mass is 261 g/mol. The summed E-state index contributed by atoms with van der Waals surface area (Å²) in [5, 5.41) is 0. The molecule has 1 aromatic rings. The van der Waals surface area contributed by atoms with Gasteiger partial charge in [-0.05, 0) is 42.5 Å². The van der Waals surface area contributed by atoms with E-state index in [1.807, 2.05) is 14.1 Å². The van der Waals surface area contributed by atoms with Crippen LogP contribution in [0.4, 0.5) is 5.69 Å². The molecule has 2 rings (SSSR count). The molecule has 1 atom stereocenters. The molecule has 0 saturated carbocycles. The molecule has 3 nitrogen and oxygen atoms in total. The van der Waals surface area contributed by atoms with Crippen LogP contribution in [0.1, 0.15) is 24.8 Å². The summed E-state index contributed by atoms with van der Waals surface area (Å²) >= 11 is 0. The van der Waals surface area contributed by atoms with Gasteiger partial charge in [0.1, 0.15) is 0 Å². The van der Waals surface area contributed by atoms with E-state index in [1.54, 1.807) is 0 Å². The van der Waals surface area contributed by atoms with Crippen LogP contribution in [0.25, 0.3) is 5.57 Å². The summed E-state index contributed by atoms with van der Waals surface area (Å²) < 4.78 is 11.3. The van der Waals surface area contributed by atoms with Gasteiger partial charge in [-0.1, -0.05) is 18.7 Å². The van der Waals surface area contributed by atoms with Gasteiger partial charge in [0, 0.05) is 26.4 Å². The normalized spacial score (nSPS) is 19.2. The summed E-state index contributed by atoms with van der Waals surface area (Å²) in [5.74, 6) is 0. The van der Waals surface area contributed by atoms with E-state index < -0.39 is 0 Å². The predicted octanol–water partition coefficient (Wildman–Crippen LogP) is 3.31. The van der Waals surface area contributed by atoms with E-state index in [2.05, 4.69) is 35.7 Å². The van der Waals surface area contributed by atoms with E-state index in [4.69, 9.17) is 9.47 Å². The molecule has 1 unspecified atom stereocenters. The minimum Gasteiger partial charge on any atom is -0.378 e. The van der Waals surface area contributed by atoms with Gasteiger partial charge >= 0.3 is 0 Å². The second-order valence-electron chi connectivity index (χ2n) is 5.15. The van der Waals surface area contributed by atoms with Gasteiger partial charge in [-0.3, -0.25) is 0 Å². The van der Waals surface area contributed by atoms with Crippen molar-refractivity contribution in [2.75, 3.05) is 32.2 Å². The average Bonchev–Trinajstić information content (AvgIpc) is 2.46. The molecule has 0 bridgehead atoms. The van der Waals surface area contributed by atoms with Crippen molar-refractivity contribution < 1.29 is 9.47 Å². The summed E-state index contributed by atoms with van der Waals surface area (Å²) in [4.78, 5) is 2.08. The lowest BCUT2D eigenvalue weighted by Gasteiger charge is -2.23. The second kappa shape index (κ2) is 6.73. The molecule has 0 spiro atoms. The van der Waals surface area contributed by atoms with E-state index in [9.17, 15) is 0 Å². The third-order valence-corrected chi connectivity index (χ3v) is 3.37. The van der Waals surface area contributed by atoms with E-state index in [0.29, 0.717) is 6.61 Å². The fourth-order valence-corrected chi connectivity index (χ4v) is 2.11. The Balaban J connectivity index is 1.85. The molecular formula is C16H23NO2. The molecule has 1 aliphatic heterocycles. The van der Waals surface area contributed by atoms with Crippen molar-refractivity contribution in [2.45, 2.75) is 25.6 Å². The smallest absolute Gasteiger partial charge is 0.158 e. The number of hydrogen-bond donors (Lipinski definition) is 0. The standard InChI is InChI=1S/C16H23NO2/c1-13(12-19-16-6-4-5-11-18-16)14-7-9-15(10-8-14)17(2)3/h7-10,16H,1,4-6,11-12H2,2-3H3. The van der Waals surface area contributed by atoms with Crippen LogP contribution in [0, 0.1) is 0 Å². The van der Waals surface area contributed by atoms with Crippen molar-refractivity contribution in [3.63, 3.8) is 0 Å². The molecule has 0 aromatic heterocycles. The number of ether oxygens (including phenoxy) is 2. The van der Waals surface area contributed by atoms with Crippen molar-refractivity contribution in [2.24, 2.45) is 0 Å². The topological polar surface area (TPSA) is 21.7 Å². The molecule has 3 heteroatoms.